The van der Waals surface area contributed by atoms with Crippen LogP contribution in [0.1, 0.15) is 5.56 Å². The van der Waals surface area contributed by atoms with Crippen LogP contribution in [0.5, 0.6) is 0 Å². The smallest absolute Gasteiger partial charge is 0.103 e. The summed E-state index contributed by atoms with van der Waals surface area (Å²) in [5.41, 5.74) is 6.27. The van der Waals surface area contributed by atoms with Crippen molar-refractivity contribution < 1.29 is 4.42 Å². The van der Waals surface area contributed by atoms with Gasteiger partial charge in [-0.05, 0) is 12.1 Å². The molecule has 0 aliphatic heterocycles. The second-order valence-electron chi connectivity index (χ2n) is 2.52. The van der Waals surface area contributed by atoms with Crippen molar-refractivity contribution in [2.45, 2.75) is 0 Å². The molecule has 0 atom stereocenters. The molecule has 0 bridgehead atoms. The summed E-state index contributed by atoms with van der Waals surface area (Å²) in [6.45, 7) is 0. The normalized spacial score (nSPS) is 8.57. The zero-order valence-electron chi connectivity index (χ0n) is 7.59. The Bertz CT molecular complexity index is 339. The van der Waals surface area contributed by atoms with E-state index in [0.29, 0.717) is 4.99 Å². The summed E-state index contributed by atoms with van der Waals surface area (Å²) in [7, 11) is 0. The fraction of sp³-hybridized carbons (Fsp3) is 0. The Labute approximate surface area is 88.4 Å². The molecular formula is C11H11NOS. The zero-order chi connectivity index (χ0) is 10.2. The Morgan fingerprint density at radius 1 is 1.00 bits per heavy atom. The van der Waals surface area contributed by atoms with Crippen molar-refractivity contribution in [3.05, 3.63) is 60.6 Å². The van der Waals surface area contributed by atoms with Gasteiger partial charge in [0.05, 0.1) is 12.5 Å². The minimum atomic E-state index is 0.454. The van der Waals surface area contributed by atoms with E-state index in [1.807, 2.05) is 42.5 Å². The molecule has 2 N–H and O–H groups in total. The Morgan fingerprint density at radius 3 is 1.86 bits per heavy atom. The molecule has 0 saturated heterocycles. The number of rotatable bonds is 1. The zero-order valence-corrected chi connectivity index (χ0v) is 8.41. The van der Waals surface area contributed by atoms with Gasteiger partial charge in [0.15, 0.2) is 0 Å². The van der Waals surface area contributed by atoms with E-state index >= 15 is 0 Å². The van der Waals surface area contributed by atoms with E-state index < -0.39 is 0 Å². The molecule has 2 aromatic rings. The van der Waals surface area contributed by atoms with Crippen LogP contribution in [0.25, 0.3) is 0 Å². The Morgan fingerprint density at radius 2 is 1.57 bits per heavy atom. The SMILES string of the molecule is NC(=S)c1ccccc1.c1ccoc1. The first-order valence-corrected chi connectivity index (χ1v) is 4.53. The highest BCUT2D eigenvalue weighted by Crippen LogP contribution is 1.96. The molecule has 0 aliphatic rings. The summed E-state index contributed by atoms with van der Waals surface area (Å²) < 4.78 is 4.58. The maximum atomic E-state index is 5.35. The second-order valence-corrected chi connectivity index (χ2v) is 2.96. The number of benzene rings is 1. The predicted octanol–water partition coefficient (Wildman–Crippen LogP) is 2.60. The molecule has 0 unspecified atom stereocenters. The van der Waals surface area contributed by atoms with Gasteiger partial charge in [-0.2, -0.15) is 0 Å². The molecule has 2 rings (SSSR count). The average molecular weight is 205 g/mol. The minimum Gasteiger partial charge on any atom is -0.473 e. The van der Waals surface area contributed by atoms with Gasteiger partial charge in [0.25, 0.3) is 0 Å². The lowest BCUT2D eigenvalue weighted by molar-refractivity contribution is 0.567. The lowest BCUT2D eigenvalue weighted by Gasteiger charge is -1.92. The standard InChI is InChI=1S/C7H7NS.C4H4O/c8-7(9)6-4-2-1-3-5-6;1-2-4-5-3-1/h1-5H,(H2,8,9);1-4H. The highest BCUT2D eigenvalue weighted by molar-refractivity contribution is 7.80. The third kappa shape index (κ3) is 3.87. The van der Waals surface area contributed by atoms with Gasteiger partial charge in [-0.25, -0.2) is 0 Å². The number of thiocarbonyl (C=S) groups is 1. The lowest BCUT2D eigenvalue weighted by Crippen LogP contribution is -2.08. The van der Waals surface area contributed by atoms with Crippen LogP contribution in [0.3, 0.4) is 0 Å². The van der Waals surface area contributed by atoms with E-state index in [0.717, 1.165) is 5.56 Å². The first-order chi connectivity index (χ1) is 6.80. The van der Waals surface area contributed by atoms with E-state index in [2.05, 4.69) is 4.42 Å². The molecule has 1 heterocycles. The molecule has 0 spiro atoms. The van der Waals surface area contributed by atoms with E-state index in [4.69, 9.17) is 18.0 Å². The van der Waals surface area contributed by atoms with Gasteiger partial charge in [-0.3, -0.25) is 0 Å². The first-order valence-electron chi connectivity index (χ1n) is 4.12. The average Bonchev–Trinajstić information content (AvgIpc) is 2.77. The van der Waals surface area contributed by atoms with Crippen LogP contribution in [0, 0.1) is 0 Å². The molecule has 0 aliphatic carbocycles. The van der Waals surface area contributed by atoms with Crippen molar-refractivity contribution in [1.82, 2.24) is 0 Å². The van der Waals surface area contributed by atoms with Crippen molar-refractivity contribution in [2.75, 3.05) is 0 Å². The predicted molar refractivity (Wildman–Crippen MR) is 61.0 cm³/mol. The molecule has 0 radical (unpaired) electrons. The third-order valence-corrected chi connectivity index (χ3v) is 1.72. The van der Waals surface area contributed by atoms with Gasteiger partial charge in [-0.15, -0.1) is 0 Å². The molecule has 72 valence electrons. The van der Waals surface area contributed by atoms with Crippen LogP contribution in [0.2, 0.25) is 0 Å². The van der Waals surface area contributed by atoms with Crippen LogP contribution < -0.4 is 5.73 Å². The Hall–Kier alpha value is -1.61. The molecule has 3 heteroatoms. The Kier molecular flexibility index (Phi) is 4.44. The fourth-order valence-electron chi connectivity index (χ4n) is 0.829. The summed E-state index contributed by atoms with van der Waals surface area (Å²) in [5, 5.41) is 0. The van der Waals surface area contributed by atoms with Crippen molar-refractivity contribution in [1.29, 1.82) is 0 Å². The van der Waals surface area contributed by atoms with Crippen LogP contribution in [0.4, 0.5) is 0 Å². The van der Waals surface area contributed by atoms with Crippen molar-refractivity contribution in [2.24, 2.45) is 5.73 Å². The van der Waals surface area contributed by atoms with Gasteiger partial charge in [0.2, 0.25) is 0 Å². The molecule has 1 aromatic carbocycles. The molecule has 1 aromatic heterocycles. The summed E-state index contributed by atoms with van der Waals surface area (Å²) in [6.07, 6.45) is 3.25. The van der Waals surface area contributed by atoms with Gasteiger partial charge in [0, 0.05) is 5.56 Å². The molecule has 14 heavy (non-hydrogen) atoms. The summed E-state index contributed by atoms with van der Waals surface area (Å²) in [5.74, 6) is 0. The molecule has 0 fully saturated rings. The second kappa shape index (κ2) is 5.94. The van der Waals surface area contributed by atoms with E-state index in [1.54, 1.807) is 12.5 Å². The van der Waals surface area contributed by atoms with Crippen molar-refractivity contribution in [3.63, 3.8) is 0 Å². The van der Waals surface area contributed by atoms with Gasteiger partial charge >= 0.3 is 0 Å². The maximum Gasteiger partial charge on any atom is 0.103 e. The monoisotopic (exact) mass is 205 g/mol. The van der Waals surface area contributed by atoms with Gasteiger partial charge < -0.3 is 10.2 Å². The number of hydrogen-bond acceptors (Lipinski definition) is 2. The van der Waals surface area contributed by atoms with Gasteiger partial charge in [0.1, 0.15) is 4.99 Å². The number of furan rings is 1. The van der Waals surface area contributed by atoms with Crippen LogP contribution in [-0.2, 0) is 0 Å². The van der Waals surface area contributed by atoms with Crippen LogP contribution in [-0.4, -0.2) is 4.99 Å². The largest absolute Gasteiger partial charge is 0.473 e. The maximum absolute atomic E-state index is 5.35. The van der Waals surface area contributed by atoms with Crippen LogP contribution in [0.15, 0.2) is 59.4 Å². The molecule has 0 saturated carbocycles. The number of nitrogens with two attached hydrogens (primary N) is 1. The number of hydrogen-bond donors (Lipinski definition) is 1. The molecular weight excluding hydrogens is 194 g/mol. The highest BCUT2D eigenvalue weighted by Gasteiger charge is 1.89. The summed E-state index contributed by atoms with van der Waals surface area (Å²) >= 11 is 4.74. The first kappa shape index (κ1) is 10.5. The third-order valence-electron chi connectivity index (χ3n) is 1.48. The van der Waals surface area contributed by atoms with E-state index in [1.165, 1.54) is 0 Å². The van der Waals surface area contributed by atoms with Gasteiger partial charge in [-0.1, -0.05) is 42.5 Å². The molecule has 0 amide bonds. The Balaban J connectivity index is 0.000000165. The quantitative estimate of drug-likeness (QED) is 0.727. The highest BCUT2D eigenvalue weighted by atomic mass is 32.1. The summed E-state index contributed by atoms with van der Waals surface area (Å²) in [6, 6.07) is 13.2. The van der Waals surface area contributed by atoms with E-state index in [-0.39, 0.29) is 0 Å². The fourth-order valence-corrected chi connectivity index (χ4v) is 0.965. The minimum absolute atomic E-state index is 0.454. The molecule has 2 nitrogen and oxygen atoms in total. The van der Waals surface area contributed by atoms with Crippen molar-refractivity contribution in [3.8, 4) is 0 Å². The van der Waals surface area contributed by atoms with Crippen LogP contribution >= 0.6 is 12.2 Å². The van der Waals surface area contributed by atoms with E-state index in [9.17, 15) is 0 Å². The summed E-state index contributed by atoms with van der Waals surface area (Å²) in [4.78, 5) is 0.454. The lowest BCUT2D eigenvalue weighted by atomic mass is 10.2. The van der Waals surface area contributed by atoms with Crippen molar-refractivity contribution >= 4 is 17.2 Å². The topological polar surface area (TPSA) is 39.2 Å².